The summed E-state index contributed by atoms with van der Waals surface area (Å²) in [6.07, 6.45) is 4.92. The molecule has 1 saturated heterocycles. The van der Waals surface area contributed by atoms with E-state index in [1.165, 1.54) is 9.88 Å². The van der Waals surface area contributed by atoms with Gasteiger partial charge in [0.2, 0.25) is 0 Å². The van der Waals surface area contributed by atoms with Gasteiger partial charge in [0.15, 0.2) is 5.96 Å². The second-order valence-electron chi connectivity index (χ2n) is 6.47. The Morgan fingerprint density at radius 1 is 1.38 bits per heavy atom. The van der Waals surface area contributed by atoms with Gasteiger partial charge in [-0.15, -0.1) is 11.3 Å². The topological polar surface area (TPSA) is 61.8 Å². The number of hydrogen-bond donors (Lipinski definition) is 2. The maximum absolute atomic E-state index is 5.53. The van der Waals surface area contributed by atoms with Crippen LogP contribution in [-0.4, -0.2) is 68.3 Å². The van der Waals surface area contributed by atoms with Gasteiger partial charge in [-0.05, 0) is 40.8 Å². The number of likely N-dealkylation sites (N-methyl/N-ethyl adjacent to an activating group) is 1. The summed E-state index contributed by atoms with van der Waals surface area (Å²) in [5.74, 6) is 0.887. The molecule has 0 unspecified atom stereocenters. The van der Waals surface area contributed by atoms with Crippen LogP contribution in [0.25, 0.3) is 0 Å². The van der Waals surface area contributed by atoms with Crippen LogP contribution in [0.2, 0.25) is 0 Å². The first-order valence-electron chi connectivity index (χ1n) is 8.74. The number of aliphatic imine (C=N–C) groups is 1. The zero-order valence-electron chi connectivity index (χ0n) is 15.4. The Balaban J connectivity index is 1.91. The van der Waals surface area contributed by atoms with Gasteiger partial charge in [0, 0.05) is 49.3 Å². The van der Waals surface area contributed by atoms with E-state index in [0.29, 0.717) is 0 Å². The van der Waals surface area contributed by atoms with Crippen LogP contribution >= 0.6 is 11.3 Å². The molecule has 0 aliphatic carbocycles. The number of thiazole rings is 1. The number of aromatic nitrogens is 1. The number of hydrogen-bond acceptors (Lipinski definition) is 5. The van der Waals surface area contributed by atoms with E-state index in [4.69, 9.17) is 9.73 Å². The normalized spacial score (nSPS) is 18.0. The van der Waals surface area contributed by atoms with Crippen molar-refractivity contribution in [3.05, 3.63) is 16.1 Å². The van der Waals surface area contributed by atoms with E-state index in [0.717, 1.165) is 58.1 Å². The molecule has 0 amide bonds. The highest BCUT2D eigenvalue weighted by atomic mass is 32.1. The fourth-order valence-electron chi connectivity index (χ4n) is 2.87. The van der Waals surface area contributed by atoms with E-state index in [9.17, 15) is 0 Å². The van der Waals surface area contributed by atoms with E-state index in [-0.39, 0.29) is 5.54 Å². The van der Waals surface area contributed by atoms with Crippen molar-refractivity contribution in [2.45, 2.75) is 38.6 Å². The van der Waals surface area contributed by atoms with Crippen LogP contribution in [-0.2, 0) is 11.2 Å². The Hall–Kier alpha value is -1.18. The maximum Gasteiger partial charge on any atom is 0.191 e. The number of aryl methyl sites for hydroxylation is 1. The Morgan fingerprint density at radius 3 is 2.71 bits per heavy atom. The molecule has 2 N–H and O–H groups in total. The van der Waals surface area contributed by atoms with Crippen molar-refractivity contribution >= 4 is 17.3 Å². The Labute approximate surface area is 149 Å². The second kappa shape index (κ2) is 9.34. The molecule has 0 aromatic carbocycles. The van der Waals surface area contributed by atoms with E-state index in [2.05, 4.69) is 48.5 Å². The van der Waals surface area contributed by atoms with Crippen LogP contribution in [0.3, 0.4) is 0 Å². The van der Waals surface area contributed by atoms with Gasteiger partial charge in [0.05, 0.1) is 11.6 Å². The van der Waals surface area contributed by atoms with Crippen molar-refractivity contribution in [3.8, 4) is 0 Å². The first kappa shape index (κ1) is 19.1. The molecule has 0 spiro atoms. The molecule has 1 aromatic heterocycles. The van der Waals surface area contributed by atoms with Crippen molar-refractivity contribution < 1.29 is 4.74 Å². The third-order valence-corrected chi connectivity index (χ3v) is 5.52. The lowest BCUT2D eigenvalue weighted by Crippen LogP contribution is -2.51. The summed E-state index contributed by atoms with van der Waals surface area (Å²) in [7, 11) is 4.29. The molecule has 1 aliphatic heterocycles. The quantitative estimate of drug-likeness (QED) is 0.577. The van der Waals surface area contributed by atoms with E-state index in [1.807, 2.05) is 6.20 Å². The standard InChI is InChI=1S/C17H31N5OS/c1-5-18-16(19-9-6-15-20-12-14(2)24-15)21-13-17(22(3)4)7-10-23-11-8-17/h12H,5-11,13H2,1-4H3,(H2,18,19,21). The second-order valence-corrected chi connectivity index (χ2v) is 7.79. The molecule has 7 heteroatoms. The van der Waals surface area contributed by atoms with Crippen LogP contribution in [0.1, 0.15) is 29.7 Å². The molecule has 0 radical (unpaired) electrons. The number of nitrogens with zero attached hydrogens (tertiary/aromatic N) is 3. The number of nitrogens with one attached hydrogen (secondary N) is 2. The zero-order chi connectivity index (χ0) is 17.4. The molecule has 1 aromatic rings. The van der Waals surface area contributed by atoms with Crippen molar-refractivity contribution in [1.82, 2.24) is 20.5 Å². The van der Waals surface area contributed by atoms with Gasteiger partial charge in [-0.1, -0.05) is 0 Å². The minimum absolute atomic E-state index is 0.104. The van der Waals surface area contributed by atoms with E-state index < -0.39 is 0 Å². The fourth-order valence-corrected chi connectivity index (χ4v) is 3.66. The molecule has 0 saturated carbocycles. The van der Waals surface area contributed by atoms with Gasteiger partial charge in [-0.2, -0.15) is 0 Å². The first-order chi connectivity index (χ1) is 11.6. The highest BCUT2D eigenvalue weighted by Gasteiger charge is 2.34. The molecule has 2 heterocycles. The third kappa shape index (κ3) is 5.43. The van der Waals surface area contributed by atoms with Crippen LogP contribution < -0.4 is 10.6 Å². The summed E-state index contributed by atoms with van der Waals surface area (Å²) < 4.78 is 5.53. The van der Waals surface area contributed by atoms with Crippen LogP contribution in [0.5, 0.6) is 0 Å². The average Bonchev–Trinajstić information content (AvgIpc) is 2.98. The number of rotatable bonds is 7. The van der Waals surface area contributed by atoms with Crippen molar-refractivity contribution in [1.29, 1.82) is 0 Å². The van der Waals surface area contributed by atoms with Crippen molar-refractivity contribution in [2.24, 2.45) is 4.99 Å². The molecule has 2 rings (SSSR count). The van der Waals surface area contributed by atoms with Gasteiger partial charge in [0.1, 0.15) is 0 Å². The highest BCUT2D eigenvalue weighted by Crippen LogP contribution is 2.26. The minimum atomic E-state index is 0.104. The predicted molar refractivity (Wildman–Crippen MR) is 101 cm³/mol. The number of guanidine groups is 1. The summed E-state index contributed by atoms with van der Waals surface area (Å²) in [4.78, 5) is 12.8. The van der Waals surface area contributed by atoms with Gasteiger partial charge in [0.25, 0.3) is 0 Å². The van der Waals surface area contributed by atoms with Crippen LogP contribution in [0.4, 0.5) is 0 Å². The lowest BCUT2D eigenvalue weighted by Gasteiger charge is -2.41. The van der Waals surface area contributed by atoms with Gasteiger partial charge >= 0.3 is 0 Å². The van der Waals surface area contributed by atoms with Crippen LogP contribution in [0.15, 0.2) is 11.2 Å². The van der Waals surface area contributed by atoms with Gasteiger partial charge < -0.3 is 20.3 Å². The molecular formula is C17H31N5OS. The zero-order valence-corrected chi connectivity index (χ0v) is 16.2. The smallest absolute Gasteiger partial charge is 0.191 e. The molecule has 1 fully saturated rings. The lowest BCUT2D eigenvalue weighted by molar-refractivity contribution is -0.00254. The maximum atomic E-state index is 5.53. The summed E-state index contributed by atoms with van der Waals surface area (Å²) in [5, 5.41) is 7.94. The molecule has 1 aliphatic rings. The van der Waals surface area contributed by atoms with E-state index in [1.54, 1.807) is 11.3 Å². The fraction of sp³-hybridized carbons (Fsp3) is 0.765. The summed E-state index contributed by atoms with van der Waals surface area (Å²) in [5.41, 5.74) is 0.104. The lowest BCUT2D eigenvalue weighted by atomic mass is 9.89. The SMILES string of the molecule is CCNC(=NCC1(N(C)C)CCOCC1)NCCc1ncc(C)s1. The molecule has 0 atom stereocenters. The summed E-state index contributed by atoms with van der Waals surface area (Å²) >= 11 is 1.76. The van der Waals surface area contributed by atoms with Crippen LogP contribution in [0, 0.1) is 6.92 Å². The average molecular weight is 354 g/mol. The minimum Gasteiger partial charge on any atom is -0.381 e. The molecular weight excluding hydrogens is 322 g/mol. The molecule has 0 bridgehead atoms. The predicted octanol–water partition coefficient (Wildman–Crippen LogP) is 1.66. The van der Waals surface area contributed by atoms with Crippen molar-refractivity contribution in [3.63, 3.8) is 0 Å². The van der Waals surface area contributed by atoms with Gasteiger partial charge in [-0.3, -0.25) is 4.99 Å². The Kier molecular flexibility index (Phi) is 7.45. The molecule has 6 nitrogen and oxygen atoms in total. The molecule has 136 valence electrons. The Morgan fingerprint density at radius 2 is 2.12 bits per heavy atom. The monoisotopic (exact) mass is 353 g/mol. The first-order valence-corrected chi connectivity index (χ1v) is 9.56. The van der Waals surface area contributed by atoms with Crippen molar-refractivity contribution in [2.75, 3.05) is 46.9 Å². The highest BCUT2D eigenvalue weighted by molar-refractivity contribution is 7.11. The largest absolute Gasteiger partial charge is 0.381 e. The summed E-state index contributed by atoms with van der Waals surface area (Å²) in [6.45, 7) is 8.32. The van der Waals surface area contributed by atoms with E-state index >= 15 is 0 Å². The number of ether oxygens (including phenoxy) is 1. The van der Waals surface area contributed by atoms with Gasteiger partial charge in [-0.25, -0.2) is 4.98 Å². The Bertz CT molecular complexity index is 523. The summed E-state index contributed by atoms with van der Waals surface area (Å²) in [6, 6.07) is 0. The molecule has 24 heavy (non-hydrogen) atoms. The third-order valence-electron chi connectivity index (χ3n) is 4.55.